The summed E-state index contributed by atoms with van der Waals surface area (Å²) < 4.78 is 40.7. The zero-order valence-corrected chi connectivity index (χ0v) is 16.7. The highest BCUT2D eigenvalue weighted by Gasteiger charge is 2.35. The number of aryl methyl sites for hydroxylation is 2. The maximum absolute atomic E-state index is 13.2. The lowest BCUT2D eigenvalue weighted by molar-refractivity contribution is -0.141. The van der Waals surface area contributed by atoms with Crippen LogP contribution in [-0.4, -0.2) is 15.7 Å². The third kappa shape index (κ3) is 4.51. The first-order valence-corrected chi connectivity index (χ1v) is 9.97. The molecule has 30 heavy (non-hydrogen) atoms. The summed E-state index contributed by atoms with van der Waals surface area (Å²) >= 11 is 5.97. The number of nitrogens with one attached hydrogen (secondary N) is 1. The van der Waals surface area contributed by atoms with E-state index >= 15 is 0 Å². The van der Waals surface area contributed by atoms with Crippen molar-refractivity contribution in [3.63, 3.8) is 0 Å². The molecule has 0 aliphatic heterocycles. The van der Waals surface area contributed by atoms with Crippen molar-refractivity contribution in [3.05, 3.63) is 81.6 Å². The first-order chi connectivity index (χ1) is 14.3. The fourth-order valence-corrected chi connectivity index (χ4v) is 3.87. The molecule has 1 aliphatic carbocycles. The van der Waals surface area contributed by atoms with Crippen molar-refractivity contribution < 1.29 is 18.0 Å². The van der Waals surface area contributed by atoms with Gasteiger partial charge in [0.05, 0.1) is 24.3 Å². The van der Waals surface area contributed by atoms with Gasteiger partial charge in [-0.1, -0.05) is 35.9 Å². The van der Waals surface area contributed by atoms with E-state index in [1.54, 1.807) is 18.2 Å². The molecule has 2 aromatic carbocycles. The molecule has 156 valence electrons. The van der Waals surface area contributed by atoms with Crippen LogP contribution in [0.3, 0.4) is 0 Å². The number of benzene rings is 2. The number of alkyl halides is 3. The van der Waals surface area contributed by atoms with Crippen LogP contribution >= 0.6 is 11.6 Å². The standard InChI is InChI=1S/C22H19ClF3N3O/c23-17-5-2-6-18(11-17)29-19(12-20(28-29)22(24,25)26)13-27-21(30)10-14-7-8-15-3-1-4-16(15)9-14/h2,5-9,11-12H,1,3-4,10,13H2,(H,27,30). The van der Waals surface area contributed by atoms with Crippen LogP contribution in [0.25, 0.3) is 5.69 Å². The van der Waals surface area contributed by atoms with Crippen molar-refractivity contribution in [2.24, 2.45) is 0 Å². The minimum absolute atomic E-state index is 0.0840. The van der Waals surface area contributed by atoms with Crippen LogP contribution in [0, 0.1) is 0 Å². The van der Waals surface area contributed by atoms with Crippen LogP contribution in [0.1, 0.15) is 34.5 Å². The molecule has 1 heterocycles. The van der Waals surface area contributed by atoms with E-state index in [9.17, 15) is 18.0 Å². The number of halogens is 4. The zero-order chi connectivity index (χ0) is 21.3. The van der Waals surface area contributed by atoms with Crippen LogP contribution in [-0.2, 0) is 36.8 Å². The molecule has 0 spiro atoms. The quantitative estimate of drug-likeness (QED) is 0.622. The Bertz CT molecular complexity index is 1090. The second-order valence-corrected chi connectivity index (χ2v) is 7.76. The summed E-state index contributed by atoms with van der Waals surface area (Å²) in [5.41, 5.74) is 3.07. The molecule has 4 rings (SSSR count). The van der Waals surface area contributed by atoms with E-state index in [2.05, 4.69) is 16.5 Å². The van der Waals surface area contributed by atoms with Gasteiger partial charge in [-0.05, 0) is 60.2 Å². The van der Waals surface area contributed by atoms with Gasteiger partial charge in [0.1, 0.15) is 0 Å². The maximum atomic E-state index is 13.2. The molecule has 8 heteroatoms. The second kappa shape index (κ2) is 8.14. The summed E-state index contributed by atoms with van der Waals surface area (Å²) in [7, 11) is 0. The van der Waals surface area contributed by atoms with Gasteiger partial charge >= 0.3 is 6.18 Å². The Morgan fingerprint density at radius 3 is 2.67 bits per heavy atom. The van der Waals surface area contributed by atoms with Gasteiger partial charge in [-0.2, -0.15) is 18.3 Å². The summed E-state index contributed by atoms with van der Waals surface area (Å²) in [5, 5.41) is 6.76. The number of carbonyl (C=O) groups is 1. The van der Waals surface area contributed by atoms with Gasteiger partial charge in [0.2, 0.25) is 5.91 Å². The third-order valence-electron chi connectivity index (χ3n) is 5.12. The van der Waals surface area contributed by atoms with Gasteiger partial charge < -0.3 is 5.32 Å². The molecule has 0 atom stereocenters. The molecule has 0 saturated carbocycles. The summed E-state index contributed by atoms with van der Waals surface area (Å²) in [5.74, 6) is -0.264. The summed E-state index contributed by atoms with van der Waals surface area (Å²) in [6.07, 6.45) is -1.21. The molecule has 4 nitrogen and oxygen atoms in total. The molecule has 0 fully saturated rings. The first kappa shape index (κ1) is 20.5. The smallest absolute Gasteiger partial charge is 0.350 e. The number of nitrogens with zero attached hydrogens (tertiary/aromatic N) is 2. The van der Waals surface area contributed by atoms with Gasteiger partial charge in [-0.25, -0.2) is 4.68 Å². The number of fused-ring (bicyclic) bond motifs is 1. The Kier molecular flexibility index (Phi) is 5.56. The fraction of sp³-hybridized carbons (Fsp3) is 0.273. The molecule has 1 aliphatic rings. The van der Waals surface area contributed by atoms with Crippen molar-refractivity contribution >= 4 is 17.5 Å². The van der Waals surface area contributed by atoms with E-state index in [4.69, 9.17) is 11.6 Å². The normalized spacial score (nSPS) is 13.3. The largest absolute Gasteiger partial charge is 0.435 e. The first-order valence-electron chi connectivity index (χ1n) is 9.59. The Labute approximate surface area is 176 Å². The molecule has 0 bridgehead atoms. The van der Waals surface area contributed by atoms with Crippen molar-refractivity contribution in [3.8, 4) is 5.69 Å². The van der Waals surface area contributed by atoms with E-state index in [0.717, 1.165) is 35.6 Å². The van der Waals surface area contributed by atoms with Crippen molar-refractivity contribution in [1.82, 2.24) is 15.1 Å². The lowest BCUT2D eigenvalue weighted by Crippen LogP contribution is -2.25. The Balaban J connectivity index is 1.50. The van der Waals surface area contributed by atoms with Crippen LogP contribution in [0.2, 0.25) is 5.02 Å². The second-order valence-electron chi connectivity index (χ2n) is 7.32. The number of rotatable bonds is 5. The minimum Gasteiger partial charge on any atom is -0.350 e. The summed E-state index contributed by atoms with van der Waals surface area (Å²) in [6, 6.07) is 13.3. The third-order valence-corrected chi connectivity index (χ3v) is 5.36. The minimum atomic E-state index is -4.59. The average Bonchev–Trinajstić information content (AvgIpc) is 3.32. The van der Waals surface area contributed by atoms with E-state index < -0.39 is 11.9 Å². The fourth-order valence-electron chi connectivity index (χ4n) is 3.69. The number of carbonyl (C=O) groups excluding carboxylic acids is 1. The van der Waals surface area contributed by atoms with E-state index in [-0.39, 0.29) is 24.6 Å². The topological polar surface area (TPSA) is 46.9 Å². The van der Waals surface area contributed by atoms with E-state index in [1.807, 2.05) is 12.1 Å². The van der Waals surface area contributed by atoms with Gasteiger partial charge in [-0.3, -0.25) is 4.79 Å². The molecular weight excluding hydrogens is 415 g/mol. The predicted octanol–water partition coefficient (Wildman–Crippen LogP) is 4.89. The molecule has 1 amide bonds. The van der Waals surface area contributed by atoms with Gasteiger partial charge in [-0.15, -0.1) is 0 Å². The highest BCUT2D eigenvalue weighted by molar-refractivity contribution is 6.30. The van der Waals surface area contributed by atoms with Crippen LogP contribution in [0.4, 0.5) is 13.2 Å². The lowest BCUT2D eigenvalue weighted by atomic mass is 10.0. The molecule has 0 unspecified atom stereocenters. The maximum Gasteiger partial charge on any atom is 0.435 e. The van der Waals surface area contributed by atoms with Gasteiger partial charge in [0.15, 0.2) is 5.69 Å². The Morgan fingerprint density at radius 2 is 1.90 bits per heavy atom. The van der Waals surface area contributed by atoms with Crippen LogP contribution < -0.4 is 5.32 Å². The zero-order valence-electron chi connectivity index (χ0n) is 16.0. The SMILES string of the molecule is O=C(Cc1ccc2c(c1)CCC2)NCc1cc(C(F)(F)F)nn1-c1cccc(Cl)c1. The Hall–Kier alpha value is -2.80. The average molecular weight is 434 g/mol. The molecule has 0 radical (unpaired) electrons. The number of amides is 1. The number of aromatic nitrogens is 2. The van der Waals surface area contributed by atoms with E-state index in [1.165, 1.54) is 17.2 Å². The van der Waals surface area contributed by atoms with Crippen LogP contribution in [0.15, 0.2) is 48.5 Å². The van der Waals surface area contributed by atoms with E-state index in [0.29, 0.717) is 10.7 Å². The lowest BCUT2D eigenvalue weighted by Gasteiger charge is -2.10. The molecular formula is C22H19ClF3N3O. The Morgan fingerprint density at radius 1 is 1.10 bits per heavy atom. The van der Waals surface area contributed by atoms with Crippen molar-refractivity contribution in [2.45, 2.75) is 38.4 Å². The van der Waals surface area contributed by atoms with Crippen molar-refractivity contribution in [2.75, 3.05) is 0 Å². The summed E-state index contributed by atoms with van der Waals surface area (Å²) in [4.78, 5) is 12.4. The van der Waals surface area contributed by atoms with Crippen LogP contribution in [0.5, 0.6) is 0 Å². The van der Waals surface area contributed by atoms with Crippen molar-refractivity contribution in [1.29, 1.82) is 0 Å². The monoisotopic (exact) mass is 433 g/mol. The van der Waals surface area contributed by atoms with Gasteiger partial charge in [0.25, 0.3) is 0 Å². The number of hydrogen-bond donors (Lipinski definition) is 1. The predicted molar refractivity (Wildman–Crippen MR) is 108 cm³/mol. The number of hydrogen-bond acceptors (Lipinski definition) is 2. The molecule has 1 aromatic heterocycles. The summed E-state index contributed by atoms with van der Waals surface area (Å²) in [6.45, 7) is -0.0840. The highest BCUT2D eigenvalue weighted by atomic mass is 35.5. The van der Waals surface area contributed by atoms with Gasteiger partial charge in [0, 0.05) is 5.02 Å². The molecule has 0 saturated heterocycles. The molecule has 1 N–H and O–H groups in total. The molecule has 3 aromatic rings. The highest BCUT2D eigenvalue weighted by Crippen LogP contribution is 2.30.